The molecule has 0 atom stereocenters. The summed E-state index contributed by atoms with van der Waals surface area (Å²) in [7, 11) is 0. The third-order valence-corrected chi connectivity index (χ3v) is 5.68. The van der Waals surface area contributed by atoms with E-state index < -0.39 is 5.97 Å². The van der Waals surface area contributed by atoms with Crippen LogP contribution in [0.5, 0.6) is 0 Å². The molecule has 0 saturated heterocycles. The second-order valence-corrected chi connectivity index (χ2v) is 7.83. The van der Waals surface area contributed by atoms with Crippen molar-refractivity contribution in [3.8, 4) is 0 Å². The van der Waals surface area contributed by atoms with Crippen LogP contribution in [-0.2, 0) is 4.79 Å². The topological polar surface area (TPSA) is 79.3 Å². The number of halogens is 1. The molecule has 2 N–H and O–H groups in total. The van der Waals surface area contributed by atoms with Gasteiger partial charge >= 0.3 is 5.97 Å². The largest absolute Gasteiger partial charge is 0.481 e. The predicted molar refractivity (Wildman–Crippen MR) is 99.6 cm³/mol. The second-order valence-electron chi connectivity index (χ2n) is 7.39. The molecule has 2 fully saturated rings. The number of nitrogens with zero attached hydrogens (tertiary/aromatic N) is 1. The number of carbonyl (C=O) groups is 2. The number of aromatic nitrogens is 1. The number of carbonyl (C=O) groups excluding carboxylic acids is 1. The zero-order valence-electron chi connectivity index (χ0n) is 14.4. The van der Waals surface area contributed by atoms with Crippen LogP contribution >= 0.6 is 11.6 Å². The Morgan fingerprint density at radius 2 is 1.81 bits per heavy atom. The van der Waals surface area contributed by atoms with Crippen LogP contribution in [0.3, 0.4) is 0 Å². The molecule has 1 aromatic carbocycles. The van der Waals surface area contributed by atoms with Gasteiger partial charge in [0.1, 0.15) is 0 Å². The van der Waals surface area contributed by atoms with Gasteiger partial charge in [-0.25, -0.2) is 0 Å². The Morgan fingerprint density at radius 3 is 2.46 bits per heavy atom. The summed E-state index contributed by atoms with van der Waals surface area (Å²) in [4.78, 5) is 28.7. The van der Waals surface area contributed by atoms with E-state index in [9.17, 15) is 9.59 Å². The van der Waals surface area contributed by atoms with Crippen molar-refractivity contribution in [3.05, 3.63) is 40.5 Å². The van der Waals surface area contributed by atoms with Gasteiger partial charge in [-0.3, -0.25) is 14.6 Å². The van der Waals surface area contributed by atoms with E-state index in [1.54, 1.807) is 12.1 Å². The van der Waals surface area contributed by atoms with Crippen molar-refractivity contribution < 1.29 is 14.7 Å². The number of fused-ring (bicyclic) bond motifs is 1. The van der Waals surface area contributed by atoms with Crippen LogP contribution in [0.2, 0.25) is 5.02 Å². The summed E-state index contributed by atoms with van der Waals surface area (Å²) in [6.07, 6.45) is 4.84. The van der Waals surface area contributed by atoms with Crippen LogP contribution in [0.1, 0.15) is 60.5 Å². The fourth-order valence-electron chi connectivity index (χ4n) is 3.74. The van der Waals surface area contributed by atoms with Gasteiger partial charge in [-0.1, -0.05) is 11.6 Å². The van der Waals surface area contributed by atoms with Gasteiger partial charge < -0.3 is 10.4 Å². The summed E-state index contributed by atoms with van der Waals surface area (Å²) in [6.45, 7) is 0. The van der Waals surface area contributed by atoms with Gasteiger partial charge in [-0.2, -0.15) is 0 Å². The highest BCUT2D eigenvalue weighted by Gasteiger charge is 2.29. The molecule has 0 aliphatic heterocycles. The average molecular weight is 373 g/mol. The highest BCUT2D eigenvalue weighted by atomic mass is 35.5. The fraction of sp³-hybridized carbons (Fsp3) is 0.450. The molecule has 1 amide bonds. The SMILES string of the molecule is O=C(NC1CCC(C(=O)O)CC1)c1cc(C2CC2)nc2ccc(Cl)cc12. The van der Waals surface area contributed by atoms with E-state index in [1.807, 2.05) is 12.1 Å². The number of carboxylic acids is 1. The van der Waals surface area contributed by atoms with E-state index in [0.717, 1.165) is 29.4 Å². The number of benzene rings is 1. The van der Waals surface area contributed by atoms with Crippen LogP contribution in [0, 0.1) is 5.92 Å². The molecule has 1 heterocycles. The second kappa shape index (κ2) is 6.88. The highest BCUT2D eigenvalue weighted by Crippen LogP contribution is 2.40. The number of amides is 1. The van der Waals surface area contributed by atoms with Gasteiger partial charge in [0.2, 0.25) is 0 Å². The molecule has 2 aromatic rings. The highest BCUT2D eigenvalue weighted by molar-refractivity contribution is 6.31. The Hall–Kier alpha value is -2.14. The quantitative estimate of drug-likeness (QED) is 0.845. The molecule has 2 saturated carbocycles. The summed E-state index contributed by atoms with van der Waals surface area (Å²) in [5.41, 5.74) is 2.37. The van der Waals surface area contributed by atoms with Crippen molar-refractivity contribution in [1.82, 2.24) is 10.3 Å². The first-order chi connectivity index (χ1) is 12.5. The smallest absolute Gasteiger partial charge is 0.306 e. The maximum absolute atomic E-state index is 13.0. The summed E-state index contributed by atoms with van der Waals surface area (Å²) >= 11 is 6.13. The van der Waals surface area contributed by atoms with E-state index in [-0.39, 0.29) is 17.9 Å². The van der Waals surface area contributed by atoms with Crippen LogP contribution in [-0.4, -0.2) is 28.0 Å². The van der Waals surface area contributed by atoms with Crippen molar-refractivity contribution in [2.75, 3.05) is 0 Å². The van der Waals surface area contributed by atoms with Crippen molar-refractivity contribution in [2.45, 2.75) is 50.5 Å². The molecule has 0 radical (unpaired) electrons. The van der Waals surface area contributed by atoms with Gasteiger partial charge in [0.25, 0.3) is 5.91 Å². The minimum absolute atomic E-state index is 0.0184. The van der Waals surface area contributed by atoms with Gasteiger partial charge in [-0.15, -0.1) is 0 Å². The van der Waals surface area contributed by atoms with E-state index in [1.165, 1.54) is 0 Å². The van der Waals surface area contributed by atoms with Gasteiger partial charge in [0, 0.05) is 28.1 Å². The molecule has 0 spiro atoms. The van der Waals surface area contributed by atoms with E-state index in [0.29, 0.717) is 42.2 Å². The molecule has 2 aliphatic carbocycles. The third kappa shape index (κ3) is 3.54. The standard InChI is InChI=1S/C20H21ClN2O3/c21-13-5-8-17-15(9-13)16(10-18(23-17)11-1-2-11)19(24)22-14-6-3-12(4-7-14)20(25)26/h5,8-12,14H,1-4,6-7H2,(H,22,24)(H,25,26). The lowest BCUT2D eigenvalue weighted by atomic mass is 9.86. The molecule has 1 aromatic heterocycles. The fourth-order valence-corrected chi connectivity index (χ4v) is 3.91. The molecule has 136 valence electrons. The number of rotatable bonds is 4. The van der Waals surface area contributed by atoms with Gasteiger partial charge in [0.05, 0.1) is 17.0 Å². The van der Waals surface area contributed by atoms with Crippen molar-refractivity contribution in [2.24, 2.45) is 5.92 Å². The Kier molecular flexibility index (Phi) is 4.57. The Labute approximate surface area is 156 Å². The monoisotopic (exact) mass is 372 g/mol. The number of pyridine rings is 1. The van der Waals surface area contributed by atoms with Crippen LogP contribution in [0.15, 0.2) is 24.3 Å². The molecule has 0 bridgehead atoms. The zero-order valence-corrected chi connectivity index (χ0v) is 15.1. The Balaban J connectivity index is 1.58. The van der Waals surface area contributed by atoms with Gasteiger partial charge in [-0.05, 0) is 62.8 Å². The Morgan fingerprint density at radius 1 is 1.08 bits per heavy atom. The summed E-state index contributed by atoms with van der Waals surface area (Å²) in [5, 5.41) is 13.5. The summed E-state index contributed by atoms with van der Waals surface area (Å²) in [6, 6.07) is 7.36. The molecule has 5 nitrogen and oxygen atoms in total. The lowest BCUT2D eigenvalue weighted by Gasteiger charge is -2.27. The van der Waals surface area contributed by atoms with Crippen molar-refractivity contribution in [3.63, 3.8) is 0 Å². The van der Waals surface area contributed by atoms with Crippen molar-refractivity contribution >= 4 is 34.4 Å². The number of hydrogen-bond donors (Lipinski definition) is 2. The minimum atomic E-state index is -0.737. The molecule has 26 heavy (non-hydrogen) atoms. The normalized spacial score (nSPS) is 23.0. The molecule has 2 aliphatic rings. The van der Waals surface area contributed by atoms with E-state index >= 15 is 0 Å². The van der Waals surface area contributed by atoms with E-state index in [4.69, 9.17) is 21.7 Å². The van der Waals surface area contributed by atoms with Crippen LogP contribution in [0.4, 0.5) is 0 Å². The average Bonchev–Trinajstić information content (AvgIpc) is 3.46. The molecule has 4 rings (SSSR count). The number of carboxylic acid groups (broad SMARTS) is 1. The predicted octanol–water partition coefficient (Wildman–Crippen LogP) is 4.14. The first-order valence-electron chi connectivity index (χ1n) is 9.15. The lowest BCUT2D eigenvalue weighted by Crippen LogP contribution is -2.38. The molecular weight excluding hydrogens is 352 g/mol. The first kappa shape index (κ1) is 17.3. The first-order valence-corrected chi connectivity index (χ1v) is 9.53. The van der Waals surface area contributed by atoms with Crippen LogP contribution in [0.25, 0.3) is 10.9 Å². The summed E-state index contributed by atoms with van der Waals surface area (Å²) < 4.78 is 0. The number of nitrogens with one attached hydrogen (secondary N) is 1. The molecule has 6 heteroatoms. The van der Waals surface area contributed by atoms with Crippen LogP contribution < -0.4 is 5.32 Å². The maximum atomic E-state index is 13.0. The number of hydrogen-bond acceptors (Lipinski definition) is 3. The molecular formula is C20H21ClN2O3. The maximum Gasteiger partial charge on any atom is 0.306 e. The molecule has 0 unspecified atom stereocenters. The van der Waals surface area contributed by atoms with Crippen molar-refractivity contribution in [1.29, 1.82) is 0 Å². The van der Waals surface area contributed by atoms with Gasteiger partial charge in [0.15, 0.2) is 0 Å². The minimum Gasteiger partial charge on any atom is -0.481 e. The Bertz CT molecular complexity index is 871. The van der Waals surface area contributed by atoms with E-state index in [2.05, 4.69) is 5.32 Å². The third-order valence-electron chi connectivity index (χ3n) is 5.44. The summed E-state index contributed by atoms with van der Waals surface area (Å²) in [5.74, 6) is -0.697. The zero-order chi connectivity index (χ0) is 18.3. The lowest BCUT2D eigenvalue weighted by molar-refractivity contribution is -0.142. The number of aliphatic carboxylic acids is 1.